The second-order valence-corrected chi connectivity index (χ2v) is 8.99. The molecular weight excluding hydrogens is 432 g/mol. The minimum Gasteiger partial charge on any atom is -0.468 e. The standard InChI is InChI=1S/C23H24N2O6S/c1-16-5-8-18(9-6-16)13-24-22(26)15-31-23(27)21-12-20(10-7-17(21)2)32(28,29)25-14-19-4-3-11-30-19/h3-12,25H,13-15H2,1-2H3,(H,24,26). The SMILES string of the molecule is Cc1ccc(CNC(=O)COC(=O)c2cc(S(=O)(=O)NCc3ccco3)ccc2C)cc1. The Hall–Kier alpha value is -3.43. The average molecular weight is 457 g/mol. The smallest absolute Gasteiger partial charge is 0.338 e. The summed E-state index contributed by atoms with van der Waals surface area (Å²) in [5.74, 6) is -0.784. The molecule has 0 radical (unpaired) electrons. The first-order valence-electron chi connectivity index (χ1n) is 9.86. The normalized spacial score (nSPS) is 11.2. The first-order valence-corrected chi connectivity index (χ1v) is 11.3. The molecule has 0 atom stereocenters. The molecule has 1 heterocycles. The highest BCUT2D eigenvalue weighted by atomic mass is 32.2. The van der Waals surface area contributed by atoms with Crippen molar-refractivity contribution in [3.05, 3.63) is 88.9 Å². The third-order valence-corrected chi connectivity index (χ3v) is 6.10. The number of furan rings is 1. The molecule has 9 heteroatoms. The van der Waals surface area contributed by atoms with E-state index in [9.17, 15) is 18.0 Å². The van der Waals surface area contributed by atoms with Gasteiger partial charge in [-0.1, -0.05) is 35.9 Å². The Morgan fingerprint density at radius 1 is 1.00 bits per heavy atom. The number of ether oxygens (including phenoxy) is 1. The Labute approximate surface area is 186 Å². The molecule has 3 aromatic rings. The van der Waals surface area contributed by atoms with Gasteiger partial charge in [0, 0.05) is 6.54 Å². The summed E-state index contributed by atoms with van der Waals surface area (Å²) in [6.07, 6.45) is 1.44. The third-order valence-electron chi connectivity index (χ3n) is 4.70. The highest BCUT2D eigenvalue weighted by Gasteiger charge is 2.19. The summed E-state index contributed by atoms with van der Waals surface area (Å²) in [5.41, 5.74) is 2.63. The average Bonchev–Trinajstić information content (AvgIpc) is 3.30. The zero-order chi connectivity index (χ0) is 23.1. The lowest BCUT2D eigenvalue weighted by Crippen LogP contribution is -2.28. The lowest BCUT2D eigenvalue weighted by Gasteiger charge is -2.11. The number of carbonyl (C=O) groups is 2. The number of nitrogens with one attached hydrogen (secondary N) is 2. The van der Waals surface area contributed by atoms with Gasteiger partial charge in [-0.25, -0.2) is 17.9 Å². The van der Waals surface area contributed by atoms with Gasteiger partial charge in [-0.05, 0) is 49.2 Å². The van der Waals surface area contributed by atoms with E-state index in [0.717, 1.165) is 11.1 Å². The molecule has 32 heavy (non-hydrogen) atoms. The number of benzene rings is 2. The second kappa shape index (κ2) is 10.3. The van der Waals surface area contributed by atoms with Gasteiger partial charge in [0.15, 0.2) is 6.61 Å². The van der Waals surface area contributed by atoms with Crippen molar-refractivity contribution in [3.8, 4) is 0 Å². The van der Waals surface area contributed by atoms with Crippen LogP contribution in [0.2, 0.25) is 0 Å². The highest BCUT2D eigenvalue weighted by Crippen LogP contribution is 2.17. The van der Waals surface area contributed by atoms with Crippen LogP contribution in [-0.4, -0.2) is 26.9 Å². The molecule has 0 aliphatic carbocycles. The Balaban J connectivity index is 1.58. The van der Waals surface area contributed by atoms with Crippen LogP contribution in [0.3, 0.4) is 0 Å². The van der Waals surface area contributed by atoms with E-state index < -0.39 is 28.5 Å². The van der Waals surface area contributed by atoms with E-state index in [2.05, 4.69) is 10.0 Å². The van der Waals surface area contributed by atoms with Gasteiger partial charge in [0.1, 0.15) is 5.76 Å². The van der Waals surface area contributed by atoms with Gasteiger partial charge < -0.3 is 14.5 Å². The molecule has 0 aliphatic rings. The zero-order valence-corrected chi connectivity index (χ0v) is 18.6. The van der Waals surface area contributed by atoms with Crippen molar-refractivity contribution in [1.82, 2.24) is 10.0 Å². The van der Waals surface area contributed by atoms with Gasteiger partial charge in [-0.3, -0.25) is 4.79 Å². The fourth-order valence-corrected chi connectivity index (χ4v) is 3.84. The van der Waals surface area contributed by atoms with Crippen LogP contribution in [0, 0.1) is 13.8 Å². The summed E-state index contributed by atoms with van der Waals surface area (Å²) in [7, 11) is -3.88. The largest absolute Gasteiger partial charge is 0.468 e. The lowest BCUT2D eigenvalue weighted by molar-refractivity contribution is -0.124. The van der Waals surface area contributed by atoms with Crippen LogP contribution in [0.25, 0.3) is 0 Å². The van der Waals surface area contributed by atoms with Crippen molar-refractivity contribution in [1.29, 1.82) is 0 Å². The van der Waals surface area contributed by atoms with Gasteiger partial charge in [0.05, 0.1) is 23.3 Å². The van der Waals surface area contributed by atoms with E-state index in [-0.39, 0.29) is 17.0 Å². The minimum atomic E-state index is -3.88. The van der Waals surface area contributed by atoms with Crippen molar-refractivity contribution < 1.29 is 27.2 Å². The van der Waals surface area contributed by atoms with Crippen LogP contribution in [0.15, 0.2) is 70.2 Å². The van der Waals surface area contributed by atoms with Crippen molar-refractivity contribution in [2.24, 2.45) is 0 Å². The van der Waals surface area contributed by atoms with Crippen LogP contribution >= 0.6 is 0 Å². The topological polar surface area (TPSA) is 115 Å². The molecule has 8 nitrogen and oxygen atoms in total. The van der Waals surface area contributed by atoms with Crippen LogP contribution in [-0.2, 0) is 32.6 Å². The molecule has 168 valence electrons. The van der Waals surface area contributed by atoms with Crippen molar-refractivity contribution >= 4 is 21.9 Å². The number of hydrogen-bond acceptors (Lipinski definition) is 6. The summed E-state index contributed by atoms with van der Waals surface area (Å²) >= 11 is 0. The molecule has 0 saturated carbocycles. The van der Waals surface area contributed by atoms with E-state index in [1.807, 2.05) is 31.2 Å². The minimum absolute atomic E-state index is 0.0237. The van der Waals surface area contributed by atoms with Gasteiger partial charge >= 0.3 is 5.97 Å². The Bertz CT molecular complexity index is 1190. The fourth-order valence-electron chi connectivity index (χ4n) is 2.82. The molecule has 3 rings (SSSR count). The number of esters is 1. The van der Waals surface area contributed by atoms with E-state index in [1.54, 1.807) is 19.1 Å². The lowest BCUT2D eigenvalue weighted by atomic mass is 10.1. The first-order chi connectivity index (χ1) is 15.2. The fraction of sp³-hybridized carbons (Fsp3) is 0.217. The predicted octanol–water partition coefficient (Wildman–Crippen LogP) is 2.85. The maximum atomic E-state index is 12.6. The maximum Gasteiger partial charge on any atom is 0.338 e. The molecule has 2 N–H and O–H groups in total. The number of sulfonamides is 1. The summed E-state index contributed by atoms with van der Waals surface area (Å²) in [4.78, 5) is 24.4. The molecule has 0 aliphatic heterocycles. The first kappa shape index (κ1) is 23.2. The Kier molecular flexibility index (Phi) is 7.45. The number of hydrogen-bond donors (Lipinski definition) is 2. The van der Waals surface area contributed by atoms with Crippen LogP contribution in [0.4, 0.5) is 0 Å². The maximum absolute atomic E-state index is 12.6. The van der Waals surface area contributed by atoms with E-state index >= 15 is 0 Å². The molecule has 1 amide bonds. The molecule has 1 aromatic heterocycles. The summed E-state index contributed by atoms with van der Waals surface area (Å²) in [5, 5.41) is 2.67. The quantitative estimate of drug-likeness (QED) is 0.479. The highest BCUT2D eigenvalue weighted by molar-refractivity contribution is 7.89. The molecule has 0 unspecified atom stereocenters. The monoisotopic (exact) mass is 456 g/mol. The summed E-state index contributed by atoms with van der Waals surface area (Å²) in [6.45, 7) is 3.44. The molecule has 0 fully saturated rings. The van der Waals surface area contributed by atoms with Gasteiger partial charge in [0.25, 0.3) is 5.91 Å². The Morgan fingerprint density at radius 3 is 2.44 bits per heavy atom. The second-order valence-electron chi connectivity index (χ2n) is 7.22. The molecule has 0 saturated heterocycles. The Morgan fingerprint density at radius 2 is 1.75 bits per heavy atom. The molecule has 0 bridgehead atoms. The number of rotatable bonds is 9. The predicted molar refractivity (Wildman–Crippen MR) is 117 cm³/mol. The van der Waals surface area contributed by atoms with Crippen LogP contribution in [0.5, 0.6) is 0 Å². The van der Waals surface area contributed by atoms with Crippen molar-refractivity contribution in [2.45, 2.75) is 31.8 Å². The third kappa shape index (κ3) is 6.29. The van der Waals surface area contributed by atoms with Gasteiger partial charge in [-0.15, -0.1) is 0 Å². The summed E-state index contributed by atoms with van der Waals surface area (Å²) in [6, 6.07) is 15.1. The van der Waals surface area contributed by atoms with E-state index in [4.69, 9.17) is 9.15 Å². The number of amides is 1. The van der Waals surface area contributed by atoms with Gasteiger partial charge in [0.2, 0.25) is 10.0 Å². The van der Waals surface area contributed by atoms with E-state index in [0.29, 0.717) is 17.9 Å². The molecular formula is C23H24N2O6S. The molecule has 2 aromatic carbocycles. The number of carbonyl (C=O) groups excluding carboxylic acids is 2. The van der Waals surface area contributed by atoms with Crippen LogP contribution in [0.1, 0.15) is 32.8 Å². The van der Waals surface area contributed by atoms with Crippen molar-refractivity contribution in [2.75, 3.05) is 6.61 Å². The van der Waals surface area contributed by atoms with E-state index in [1.165, 1.54) is 24.5 Å². The molecule has 0 spiro atoms. The van der Waals surface area contributed by atoms with Crippen molar-refractivity contribution in [3.63, 3.8) is 0 Å². The van der Waals surface area contributed by atoms with Gasteiger partial charge in [-0.2, -0.15) is 0 Å². The summed E-state index contributed by atoms with van der Waals surface area (Å²) < 4.78 is 37.7. The zero-order valence-electron chi connectivity index (χ0n) is 17.8. The van der Waals surface area contributed by atoms with Crippen LogP contribution < -0.4 is 10.0 Å². The number of aryl methyl sites for hydroxylation is 2.